The van der Waals surface area contributed by atoms with Crippen LogP contribution in [0.5, 0.6) is 5.75 Å². The third-order valence-corrected chi connectivity index (χ3v) is 4.46. The van der Waals surface area contributed by atoms with Crippen LogP contribution < -0.4 is 10.1 Å². The Labute approximate surface area is 148 Å². The molecule has 1 N–H and O–H groups in total. The molecule has 136 valence electrons. The number of para-hydroxylation sites is 1. The molecule has 1 amide bonds. The molecule has 1 aromatic carbocycles. The van der Waals surface area contributed by atoms with Gasteiger partial charge in [0, 0.05) is 31.4 Å². The highest BCUT2D eigenvalue weighted by molar-refractivity contribution is 5.89. The van der Waals surface area contributed by atoms with Gasteiger partial charge in [-0.05, 0) is 25.3 Å². The predicted molar refractivity (Wildman–Crippen MR) is 93.5 cm³/mol. The molecule has 0 aliphatic carbocycles. The van der Waals surface area contributed by atoms with Crippen molar-refractivity contribution >= 4 is 11.9 Å². The number of hydrogen-bond donors (Lipinski definition) is 1. The van der Waals surface area contributed by atoms with Gasteiger partial charge in [-0.3, -0.25) is 4.79 Å². The zero-order valence-electron chi connectivity index (χ0n) is 14.7. The van der Waals surface area contributed by atoms with Gasteiger partial charge in [-0.1, -0.05) is 24.3 Å². The normalized spacial score (nSPS) is 16.4. The first-order chi connectivity index (χ1) is 12.1. The molecule has 1 fully saturated rings. The number of esters is 1. The quantitative estimate of drug-likeness (QED) is 0.464. The molecular formula is C19H25NO5. The van der Waals surface area contributed by atoms with E-state index in [1.165, 1.54) is 13.2 Å². The summed E-state index contributed by atoms with van der Waals surface area (Å²) in [5, 5.41) is 2.98. The van der Waals surface area contributed by atoms with Gasteiger partial charge in [0.1, 0.15) is 5.75 Å². The molecule has 25 heavy (non-hydrogen) atoms. The molecule has 1 heterocycles. The molecule has 0 bridgehead atoms. The fourth-order valence-corrected chi connectivity index (χ4v) is 3.06. The van der Waals surface area contributed by atoms with Crippen molar-refractivity contribution < 1.29 is 23.8 Å². The Morgan fingerprint density at radius 1 is 1.24 bits per heavy atom. The van der Waals surface area contributed by atoms with E-state index in [1.807, 2.05) is 24.3 Å². The Kier molecular flexibility index (Phi) is 7.01. The SMILES string of the molecule is COC(=O)/C=C/CCNC(=O)C1(c2ccccc2OC)CCOCC1. The standard InChI is InChI=1S/C19H25NO5/c1-23-16-8-4-3-7-15(16)19(10-13-25-14-11-19)18(22)20-12-6-5-9-17(21)24-2/h3-5,7-9H,6,10-14H2,1-2H3,(H,20,22)/b9-5+. The molecule has 0 saturated carbocycles. The highest BCUT2D eigenvalue weighted by atomic mass is 16.5. The maximum Gasteiger partial charge on any atom is 0.330 e. The first-order valence-electron chi connectivity index (χ1n) is 8.38. The Bertz CT molecular complexity index is 620. The second kappa shape index (κ2) is 9.22. The average Bonchev–Trinajstić information content (AvgIpc) is 2.67. The van der Waals surface area contributed by atoms with Crippen LogP contribution in [0.15, 0.2) is 36.4 Å². The molecule has 6 nitrogen and oxygen atoms in total. The molecule has 1 aromatic rings. The van der Waals surface area contributed by atoms with Gasteiger partial charge in [-0.2, -0.15) is 0 Å². The van der Waals surface area contributed by atoms with Crippen LogP contribution in [0.25, 0.3) is 0 Å². The minimum absolute atomic E-state index is 0.0354. The number of carbonyl (C=O) groups excluding carboxylic acids is 2. The van der Waals surface area contributed by atoms with Crippen LogP contribution in [0.3, 0.4) is 0 Å². The molecular weight excluding hydrogens is 322 g/mol. The van der Waals surface area contributed by atoms with Crippen molar-refractivity contribution in [2.45, 2.75) is 24.7 Å². The summed E-state index contributed by atoms with van der Waals surface area (Å²) in [6.45, 7) is 1.52. The maximum atomic E-state index is 13.0. The summed E-state index contributed by atoms with van der Waals surface area (Å²) in [5.41, 5.74) is 0.236. The van der Waals surface area contributed by atoms with Crippen LogP contribution in [0.4, 0.5) is 0 Å². The zero-order chi connectivity index (χ0) is 18.1. The molecule has 0 atom stereocenters. The molecule has 0 aromatic heterocycles. The lowest BCUT2D eigenvalue weighted by Crippen LogP contribution is -2.48. The van der Waals surface area contributed by atoms with Gasteiger partial charge >= 0.3 is 5.97 Å². The van der Waals surface area contributed by atoms with Crippen molar-refractivity contribution in [3.05, 3.63) is 42.0 Å². The van der Waals surface area contributed by atoms with Crippen molar-refractivity contribution in [3.8, 4) is 5.75 Å². The highest BCUT2D eigenvalue weighted by Crippen LogP contribution is 2.40. The fourth-order valence-electron chi connectivity index (χ4n) is 3.06. The van der Waals surface area contributed by atoms with Crippen molar-refractivity contribution in [3.63, 3.8) is 0 Å². The smallest absolute Gasteiger partial charge is 0.330 e. The lowest BCUT2D eigenvalue weighted by molar-refractivity contribution is -0.134. The molecule has 0 unspecified atom stereocenters. The van der Waals surface area contributed by atoms with Gasteiger partial charge in [0.15, 0.2) is 0 Å². The van der Waals surface area contributed by atoms with Crippen LogP contribution in [0, 0.1) is 0 Å². The number of nitrogens with one attached hydrogen (secondary N) is 1. The summed E-state index contributed by atoms with van der Waals surface area (Å²) in [6, 6.07) is 7.63. The first kappa shape index (κ1) is 19.0. The van der Waals surface area contributed by atoms with E-state index in [1.54, 1.807) is 13.2 Å². The van der Waals surface area contributed by atoms with Gasteiger partial charge in [-0.15, -0.1) is 0 Å². The third-order valence-electron chi connectivity index (χ3n) is 4.46. The number of amides is 1. The van der Waals surface area contributed by atoms with Crippen molar-refractivity contribution in [2.24, 2.45) is 0 Å². The zero-order valence-corrected chi connectivity index (χ0v) is 14.7. The molecule has 0 spiro atoms. The Morgan fingerprint density at radius 3 is 2.64 bits per heavy atom. The second-order valence-electron chi connectivity index (χ2n) is 5.86. The van der Waals surface area contributed by atoms with Crippen LogP contribution in [-0.2, 0) is 24.5 Å². The van der Waals surface area contributed by atoms with Gasteiger partial charge in [0.05, 0.1) is 19.6 Å². The highest BCUT2D eigenvalue weighted by Gasteiger charge is 2.43. The summed E-state index contributed by atoms with van der Waals surface area (Å²) in [4.78, 5) is 24.0. The number of methoxy groups -OCH3 is 2. The van der Waals surface area contributed by atoms with E-state index in [9.17, 15) is 9.59 Å². The summed E-state index contributed by atoms with van der Waals surface area (Å²) in [6.07, 6.45) is 4.82. The summed E-state index contributed by atoms with van der Waals surface area (Å²) in [7, 11) is 2.94. The average molecular weight is 347 g/mol. The number of hydrogen-bond acceptors (Lipinski definition) is 5. The number of ether oxygens (including phenoxy) is 3. The lowest BCUT2D eigenvalue weighted by Gasteiger charge is -2.37. The van der Waals surface area contributed by atoms with E-state index in [4.69, 9.17) is 9.47 Å². The van der Waals surface area contributed by atoms with Crippen molar-refractivity contribution in [1.82, 2.24) is 5.32 Å². The Hall–Kier alpha value is -2.34. The van der Waals surface area contributed by atoms with Crippen molar-refractivity contribution in [2.75, 3.05) is 34.0 Å². The largest absolute Gasteiger partial charge is 0.496 e. The molecule has 1 aliphatic rings. The maximum absolute atomic E-state index is 13.0. The first-order valence-corrected chi connectivity index (χ1v) is 8.38. The summed E-state index contributed by atoms with van der Waals surface area (Å²) < 4.78 is 15.5. The summed E-state index contributed by atoms with van der Waals surface area (Å²) >= 11 is 0. The molecule has 1 aliphatic heterocycles. The van der Waals surface area contributed by atoms with Gasteiger partial charge in [0.2, 0.25) is 5.91 Å². The second-order valence-corrected chi connectivity index (χ2v) is 5.86. The van der Waals surface area contributed by atoms with Crippen molar-refractivity contribution in [1.29, 1.82) is 0 Å². The third kappa shape index (κ3) is 4.60. The minimum Gasteiger partial charge on any atom is -0.496 e. The number of rotatable bonds is 7. The predicted octanol–water partition coefficient (Wildman–Crippen LogP) is 1.98. The van der Waals surface area contributed by atoms with E-state index in [0.717, 1.165) is 5.56 Å². The van der Waals surface area contributed by atoms with E-state index < -0.39 is 11.4 Å². The van der Waals surface area contributed by atoms with Crippen LogP contribution in [0.2, 0.25) is 0 Å². The van der Waals surface area contributed by atoms with Crippen LogP contribution in [-0.4, -0.2) is 45.9 Å². The lowest BCUT2D eigenvalue weighted by atomic mass is 9.73. The monoisotopic (exact) mass is 347 g/mol. The molecule has 0 radical (unpaired) electrons. The van der Waals surface area contributed by atoms with Crippen LogP contribution >= 0.6 is 0 Å². The Morgan fingerprint density at radius 2 is 1.96 bits per heavy atom. The molecule has 6 heteroatoms. The minimum atomic E-state index is -0.656. The summed E-state index contributed by atoms with van der Waals surface area (Å²) in [5.74, 6) is 0.276. The van der Waals surface area contributed by atoms with E-state index in [2.05, 4.69) is 10.1 Å². The Balaban J connectivity index is 2.10. The number of carbonyl (C=O) groups is 2. The number of benzene rings is 1. The van der Waals surface area contributed by atoms with Gasteiger partial charge in [0.25, 0.3) is 0 Å². The topological polar surface area (TPSA) is 73.9 Å². The van der Waals surface area contributed by atoms with E-state index in [0.29, 0.717) is 44.8 Å². The molecule has 1 saturated heterocycles. The molecule has 2 rings (SSSR count). The fraction of sp³-hybridized carbons (Fsp3) is 0.474. The van der Waals surface area contributed by atoms with E-state index >= 15 is 0 Å². The van der Waals surface area contributed by atoms with Gasteiger partial charge in [-0.25, -0.2) is 4.79 Å². The van der Waals surface area contributed by atoms with Crippen LogP contribution in [0.1, 0.15) is 24.8 Å². The van der Waals surface area contributed by atoms with Gasteiger partial charge < -0.3 is 19.5 Å². The van der Waals surface area contributed by atoms with E-state index in [-0.39, 0.29) is 5.91 Å².